The molecule has 0 aliphatic carbocycles. The summed E-state index contributed by atoms with van der Waals surface area (Å²) in [6.07, 6.45) is 2.04. The molecule has 0 aromatic heterocycles. The van der Waals surface area contributed by atoms with E-state index in [1.807, 2.05) is 4.31 Å². The summed E-state index contributed by atoms with van der Waals surface area (Å²) in [5.74, 6) is 0. The van der Waals surface area contributed by atoms with Crippen molar-refractivity contribution in [1.29, 1.82) is 0 Å². The largest absolute Gasteiger partial charge is 0.396 e. The molecule has 48 valence electrons. The molecule has 0 saturated carbocycles. The Balaban J connectivity index is 0. The monoisotopic (exact) mass is 150 g/mol. The van der Waals surface area contributed by atoms with Gasteiger partial charge in [0.05, 0.1) is 0 Å². The molecule has 0 aliphatic rings. The molecule has 1 N–H and O–H groups in total. The van der Waals surface area contributed by atoms with Gasteiger partial charge in [-0.1, -0.05) is 13.3 Å². The van der Waals surface area contributed by atoms with E-state index >= 15 is 0 Å². The Kier molecular flexibility index (Phi) is 21.7. The SMILES string of the molecule is CCCCO.S=C=S. The molecular formula is C5H10OS2. The normalized spacial score (nSPS) is 6.25. The quantitative estimate of drug-likeness (QED) is 0.606. The minimum atomic E-state index is 0.344. The van der Waals surface area contributed by atoms with Gasteiger partial charge in [0, 0.05) is 10.9 Å². The summed E-state index contributed by atoms with van der Waals surface area (Å²) in [7, 11) is 0. The van der Waals surface area contributed by atoms with Crippen LogP contribution in [0.25, 0.3) is 0 Å². The highest BCUT2D eigenvalue weighted by Crippen LogP contribution is 1.78. The molecule has 1 nitrogen and oxygen atoms in total. The molecular weight excluding hydrogens is 140 g/mol. The van der Waals surface area contributed by atoms with Gasteiger partial charge < -0.3 is 5.11 Å². The Labute approximate surface area is 60.7 Å². The smallest absolute Gasteiger partial charge is 0.0430 e. The molecule has 0 atom stereocenters. The minimum Gasteiger partial charge on any atom is -0.396 e. The lowest BCUT2D eigenvalue weighted by atomic mass is 10.4. The molecule has 0 radical (unpaired) electrons. The minimum absolute atomic E-state index is 0.344. The van der Waals surface area contributed by atoms with Crippen LogP contribution in [0.15, 0.2) is 0 Å². The molecule has 0 heterocycles. The number of thiocarbonyl (C=S) groups is 2. The van der Waals surface area contributed by atoms with Crippen LogP contribution in [0.5, 0.6) is 0 Å². The van der Waals surface area contributed by atoms with Crippen LogP contribution in [0.1, 0.15) is 19.8 Å². The van der Waals surface area contributed by atoms with E-state index in [-0.39, 0.29) is 0 Å². The first-order chi connectivity index (χ1) is 3.83. The topological polar surface area (TPSA) is 20.2 Å². The van der Waals surface area contributed by atoms with Crippen LogP contribution in [0.2, 0.25) is 0 Å². The number of rotatable bonds is 2. The van der Waals surface area contributed by atoms with Crippen LogP contribution in [-0.4, -0.2) is 16.0 Å². The summed E-state index contributed by atoms with van der Waals surface area (Å²) in [6, 6.07) is 0. The van der Waals surface area contributed by atoms with Gasteiger partial charge in [0.1, 0.15) is 0 Å². The summed E-state index contributed by atoms with van der Waals surface area (Å²) in [5.41, 5.74) is 0. The van der Waals surface area contributed by atoms with Gasteiger partial charge in [-0.15, -0.1) is 0 Å². The van der Waals surface area contributed by atoms with Crippen molar-refractivity contribution in [1.82, 2.24) is 0 Å². The Hall–Kier alpha value is 0.180. The summed E-state index contributed by atoms with van der Waals surface area (Å²) in [6.45, 7) is 2.40. The van der Waals surface area contributed by atoms with Crippen molar-refractivity contribution >= 4 is 28.7 Å². The maximum atomic E-state index is 8.07. The third kappa shape index (κ3) is 34.9. The van der Waals surface area contributed by atoms with Crippen molar-refractivity contribution in [3.63, 3.8) is 0 Å². The van der Waals surface area contributed by atoms with Crippen LogP contribution in [0.3, 0.4) is 0 Å². The second-order valence-electron chi connectivity index (χ2n) is 1.16. The molecule has 0 spiro atoms. The molecule has 0 rings (SSSR count). The standard InChI is InChI=1S/C4H10O.CS2/c1-2-3-4-5;2-1-3/h5H,2-4H2,1H3;. The molecule has 0 bridgehead atoms. The first-order valence-corrected chi connectivity index (χ1v) is 3.25. The van der Waals surface area contributed by atoms with Crippen molar-refractivity contribution < 1.29 is 5.11 Å². The van der Waals surface area contributed by atoms with Crippen LogP contribution in [0.4, 0.5) is 0 Å². The number of aliphatic hydroxyl groups excluding tert-OH is 1. The second kappa shape index (κ2) is 15.7. The highest BCUT2D eigenvalue weighted by Gasteiger charge is 1.69. The van der Waals surface area contributed by atoms with E-state index < -0.39 is 0 Å². The van der Waals surface area contributed by atoms with Crippen molar-refractivity contribution in [2.24, 2.45) is 0 Å². The lowest BCUT2D eigenvalue weighted by Gasteiger charge is -1.79. The van der Waals surface area contributed by atoms with Crippen LogP contribution in [0, 0.1) is 0 Å². The Morgan fingerprint density at radius 2 is 1.88 bits per heavy atom. The van der Waals surface area contributed by atoms with E-state index in [0.717, 1.165) is 12.8 Å². The van der Waals surface area contributed by atoms with Crippen molar-refractivity contribution in [2.75, 3.05) is 6.61 Å². The maximum Gasteiger partial charge on any atom is 0.0430 e. The summed E-state index contributed by atoms with van der Waals surface area (Å²) >= 11 is 7.92. The lowest BCUT2D eigenvalue weighted by Crippen LogP contribution is -1.75. The van der Waals surface area contributed by atoms with Gasteiger partial charge in [-0.3, -0.25) is 0 Å². The second-order valence-corrected chi connectivity index (χ2v) is 1.83. The van der Waals surface area contributed by atoms with Crippen LogP contribution >= 0.6 is 24.4 Å². The van der Waals surface area contributed by atoms with Crippen molar-refractivity contribution in [2.45, 2.75) is 19.8 Å². The third-order valence-corrected chi connectivity index (χ3v) is 0.512. The zero-order valence-corrected chi connectivity index (χ0v) is 6.52. The number of hydrogen-bond acceptors (Lipinski definition) is 3. The Bertz CT molecular complexity index is 55.4. The van der Waals surface area contributed by atoms with Gasteiger partial charge in [0.2, 0.25) is 0 Å². The summed E-state index contributed by atoms with van der Waals surface area (Å²) in [5, 5.41) is 8.07. The van der Waals surface area contributed by atoms with Crippen LogP contribution in [-0.2, 0) is 0 Å². The number of unbranched alkanes of at least 4 members (excludes halogenated alkanes) is 1. The molecule has 8 heavy (non-hydrogen) atoms. The molecule has 0 aromatic rings. The van der Waals surface area contributed by atoms with Crippen LogP contribution < -0.4 is 0 Å². The fraction of sp³-hybridized carbons (Fsp3) is 0.800. The van der Waals surface area contributed by atoms with E-state index in [1.54, 1.807) is 0 Å². The zero-order chi connectivity index (χ0) is 6.83. The maximum absolute atomic E-state index is 8.07. The first-order valence-electron chi connectivity index (χ1n) is 2.43. The summed E-state index contributed by atoms with van der Waals surface area (Å²) < 4.78 is 1.92. The van der Waals surface area contributed by atoms with E-state index in [0.29, 0.717) is 6.61 Å². The molecule has 0 unspecified atom stereocenters. The molecule has 3 heteroatoms. The van der Waals surface area contributed by atoms with Gasteiger partial charge >= 0.3 is 0 Å². The first kappa shape index (κ1) is 11.0. The van der Waals surface area contributed by atoms with Gasteiger partial charge in [-0.25, -0.2) is 0 Å². The van der Waals surface area contributed by atoms with E-state index in [4.69, 9.17) is 5.11 Å². The van der Waals surface area contributed by atoms with Gasteiger partial charge in [-0.05, 0) is 30.9 Å². The highest BCUT2D eigenvalue weighted by molar-refractivity contribution is 7.93. The molecule has 0 amide bonds. The predicted octanol–water partition coefficient (Wildman–Crippen LogP) is 1.80. The number of aliphatic hydroxyl groups is 1. The molecule has 0 aliphatic heterocycles. The molecule has 0 fully saturated rings. The number of hydrogen-bond donors (Lipinski definition) is 1. The predicted molar refractivity (Wildman–Crippen MR) is 42.2 cm³/mol. The van der Waals surface area contributed by atoms with E-state index in [1.165, 1.54) is 0 Å². The van der Waals surface area contributed by atoms with E-state index in [9.17, 15) is 0 Å². The zero-order valence-electron chi connectivity index (χ0n) is 4.89. The van der Waals surface area contributed by atoms with Gasteiger partial charge in [-0.2, -0.15) is 0 Å². The molecule has 0 saturated heterocycles. The Morgan fingerprint density at radius 3 is 1.88 bits per heavy atom. The van der Waals surface area contributed by atoms with Crippen molar-refractivity contribution in [3.8, 4) is 0 Å². The van der Waals surface area contributed by atoms with Crippen molar-refractivity contribution in [3.05, 3.63) is 0 Å². The summed E-state index contributed by atoms with van der Waals surface area (Å²) in [4.78, 5) is 0. The fourth-order valence-electron chi connectivity index (χ4n) is 0.158. The average molecular weight is 150 g/mol. The average Bonchev–Trinajstić information content (AvgIpc) is 1.71. The third-order valence-electron chi connectivity index (χ3n) is 0.512. The van der Waals surface area contributed by atoms with E-state index in [2.05, 4.69) is 31.4 Å². The molecule has 0 aromatic carbocycles. The Morgan fingerprint density at radius 1 is 1.50 bits per heavy atom. The van der Waals surface area contributed by atoms with Gasteiger partial charge in [0.15, 0.2) is 0 Å². The lowest BCUT2D eigenvalue weighted by molar-refractivity contribution is 0.287. The fourth-order valence-corrected chi connectivity index (χ4v) is 0.158. The van der Waals surface area contributed by atoms with Gasteiger partial charge in [0.25, 0.3) is 0 Å². The highest BCUT2D eigenvalue weighted by atomic mass is 32.1.